The molecule has 1 heterocycles. The van der Waals surface area contributed by atoms with Gasteiger partial charge in [0.25, 0.3) is 5.91 Å². The summed E-state index contributed by atoms with van der Waals surface area (Å²) in [5, 5.41) is 17.1. The molecule has 2 fully saturated rings. The van der Waals surface area contributed by atoms with Gasteiger partial charge in [-0.25, -0.2) is 9.59 Å². The average Bonchev–Trinajstić information content (AvgIpc) is 2.83. The molecule has 8 heteroatoms. The van der Waals surface area contributed by atoms with Crippen LogP contribution in [0.1, 0.15) is 32.1 Å². The molecule has 1 aliphatic carbocycles. The first-order chi connectivity index (χ1) is 15.4. The van der Waals surface area contributed by atoms with Gasteiger partial charge in [0, 0.05) is 32.2 Å². The van der Waals surface area contributed by atoms with Gasteiger partial charge in [0.2, 0.25) is 0 Å². The van der Waals surface area contributed by atoms with Crippen LogP contribution >= 0.6 is 0 Å². The smallest absolute Gasteiger partial charge is 0.414 e. The highest BCUT2D eigenvalue weighted by molar-refractivity contribution is 6.27. The first-order valence-corrected chi connectivity index (χ1v) is 11.0. The van der Waals surface area contributed by atoms with E-state index in [2.05, 4.69) is 17.0 Å². The van der Waals surface area contributed by atoms with E-state index in [1.165, 1.54) is 37.5 Å². The fourth-order valence-electron chi connectivity index (χ4n) is 4.28. The normalized spacial score (nSPS) is 17.3. The fraction of sp³-hybridized carbons (Fsp3) is 0.458. The second kappa shape index (κ2) is 11.5. The van der Waals surface area contributed by atoms with E-state index in [9.17, 15) is 4.79 Å². The second-order valence-electron chi connectivity index (χ2n) is 8.12. The Labute approximate surface area is 187 Å². The summed E-state index contributed by atoms with van der Waals surface area (Å²) in [4.78, 5) is 35.2. The number of carbonyl (C=O) groups excluding carboxylic acids is 1. The molecule has 0 unspecified atom stereocenters. The van der Waals surface area contributed by atoms with Gasteiger partial charge in [-0.05, 0) is 35.7 Å². The molecule has 2 aliphatic rings. The third-order valence-electron chi connectivity index (χ3n) is 6.02. The molecule has 1 saturated carbocycles. The molecule has 32 heavy (non-hydrogen) atoms. The minimum Gasteiger partial charge on any atom is -0.484 e. The van der Waals surface area contributed by atoms with Gasteiger partial charge in [-0.15, -0.1) is 0 Å². The molecule has 1 amide bonds. The Balaban J connectivity index is 0.000000427. The summed E-state index contributed by atoms with van der Waals surface area (Å²) in [6.45, 7) is 3.80. The topological polar surface area (TPSA) is 107 Å². The summed E-state index contributed by atoms with van der Waals surface area (Å²) in [5.41, 5.74) is 0. The van der Waals surface area contributed by atoms with Gasteiger partial charge in [-0.1, -0.05) is 49.6 Å². The number of amides is 1. The van der Waals surface area contributed by atoms with E-state index in [4.69, 9.17) is 24.5 Å². The number of carboxylic acid groups (broad SMARTS) is 2. The van der Waals surface area contributed by atoms with E-state index in [0.717, 1.165) is 43.4 Å². The lowest BCUT2D eigenvalue weighted by molar-refractivity contribution is -0.159. The fourth-order valence-corrected chi connectivity index (χ4v) is 4.28. The van der Waals surface area contributed by atoms with Crippen molar-refractivity contribution in [1.82, 2.24) is 9.80 Å². The minimum atomic E-state index is -1.82. The first-order valence-electron chi connectivity index (χ1n) is 11.0. The van der Waals surface area contributed by atoms with Crippen LogP contribution in [0.4, 0.5) is 0 Å². The zero-order valence-electron chi connectivity index (χ0n) is 18.1. The molecule has 172 valence electrons. The average molecular weight is 443 g/mol. The maximum atomic E-state index is 12.5. The molecule has 2 aromatic rings. The molecule has 0 radical (unpaired) electrons. The molecule has 0 bridgehead atoms. The quantitative estimate of drug-likeness (QED) is 0.701. The number of ether oxygens (including phenoxy) is 1. The second-order valence-corrected chi connectivity index (χ2v) is 8.12. The van der Waals surface area contributed by atoms with E-state index in [1.807, 2.05) is 35.2 Å². The molecular weight excluding hydrogens is 412 g/mol. The third kappa shape index (κ3) is 6.68. The van der Waals surface area contributed by atoms with Gasteiger partial charge in [0.1, 0.15) is 5.75 Å². The molecule has 1 aliphatic heterocycles. The first kappa shape index (κ1) is 23.5. The van der Waals surface area contributed by atoms with Crippen LogP contribution in [0.25, 0.3) is 10.8 Å². The van der Waals surface area contributed by atoms with Gasteiger partial charge in [0.15, 0.2) is 6.61 Å². The van der Waals surface area contributed by atoms with Gasteiger partial charge < -0.3 is 19.8 Å². The standard InChI is InChI=1S/C22H28N2O2.C2H2O4/c25-22(17-26-21-11-10-18-6-4-5-7-19(18)16-21)24-14-12-23(13-15-24)20-8-2-1-3-9-20;3-1(4)2(5)6/h4-7,10-11,16,20H,1-3,8-9,12-15,17H2;(H,3,4)(H,5,6). The zero-order chi connectivity index (χ0) is 22.9. The van der Waals surface area contributed by atoms with Crippen LogP contribution < -0.4 is 4.74 Å². The lowest BCUT2D eigenvalue weighted by Gasteiger charge is -2.40. The molecule has 0 aromatic heterocycles. The molecule has 8 nitrogen and oxygen atoms in total. The Kier molecular flexibility index (Phi) is 8.44. The molecule has 0 spiro atoms. The number of carbonyl (C=O) groups is 3. The number of nitrogens with zero attached hydrogens (tertiary/aromatic N) is 2. The predicted octanol–water partition coefficient (Wildman–Crippen LogP) is 2.85. The lowest BCUT2D eigenvalue weighted by atomic mass is 9.94. The predicted molar refractivity (Wildman–Crippen MR) is 120 cm³/mol. The zero-order valence-corrected chi connectivity index (χ0v) is 18.1. The van der Waals surface area contributed by atoms with Crippen molar-refractivity contribution in [1.29, 1.82) is 0 Å². The van der Waals surface area contributed by atoms with Crippen LogP contribution in [0.2, 0.25) is 0 Å². The van der Waals surface area contributed by atoms with Gasteiger partial charge in [-0.2, -0.15) is 0 Å². The van der Waals surface area contributed by atoms with Gasteiger partial charge in [-0.3, -0.25) is 9.69 Å². The molecular formula is C24H30N2O6. The van der Waals surface area contributed by atoms with Crippen molar-refractivity contribution in [3.63, 3.8) is 0 Å². The number of piperazine rings is 1. The Hall–Kier alpha value is -3.13. The number of rotatable bonds is 4. The SMILES string of the molecule is O=C(COc1ccc2ccccc2c1)N1CCN(C2CCCCC2)CC1.O=C(O)C(=O)O. The number of fused-ring (bicyclic) bond motifs is 1. The maximum absolute atomic E-state index is 12.5. The van der Waals surface area contributed by atoms with Crippen LogP contribution in [0.5, 0.6) is 5.75 Å². The minimum absolute atomic E-state index is 0.0986. The monoisotopic (exact) mass is 442 g/mol. The Morgan fingerprint density at radius 3 is 2.09 bits per heavy atom. The molecule has 1 saturated heterocycles. The number of carboxylic acids is 2. The highest BCUT2D eigenvalue weighted by atomic mass is 16.5. The number of aliphatic carboxylic acids is 2. The Morgan fingerprint density at radius 2 is 1.47 bits per heavy atom. The molecule has 2 N–H and O–H groups in total. The summed E-state index contributed by atoms with van der Waals surface area (Å²) in [6, 6.07) is 14.9. The highest BCUT2D eigenvalue weighted by Crippen LogP contribution is 2.24. The van der Waals surface area contributed by atoms with Crippen molar-refractivity contribution < 1.29 is 29.3 Å². The van der Waals surface area contributed by atoms with Crippen molar-refractivity contribution >= 4 is 28.6 Å². The Bertz CT molecular complexity index is 921. The van der Waals surface area contributed by atoms with Crippen molar-refractivity contribution in [2.75, 3.05) is 32.8 Å². The third-order valence-corrected chi connectivity index (χ3v) is 6.02. The summed E-state index contributed by atoms with van der Waals surface area (Å²) >= 11 is 0. The van der Waals surface area contributed by atoms with E-state index in [1.54, 1.807) is 0 Å². The molecule has 0 atom stereocenters. The van der Waals surface area contributed by atoms with Crippen molar-refractivity contribution in [3.8, 4) is 5.75 Å². The summed E-state index contributed by atoms with van der Waals surface area (Å²) in [5.74, 6) is -2.79. The van der Waals surface area contributed by atoms with E-state index in [0.29, 0.717) is 0 Å². The lowest BCUT2D eigenvalue weighted by Crippen LogP contribution is -2.53. The molecule has 2 aromatic carbocycles. The summed E-state index contributed by atoms with van der Waals surface area (Å²) in [7, 11) is 0. The largest absolute Gasteiger partial charge is 0.484 e. The van der Waals surface area contributed by atoms with Crippen molar-refractivity contribution in [2.24, 2.45) is 0 Å². The maximum Gasteiger partial charge on any atom is 0.414 e. The molecule has 4 rings (SSSR count). The van der Waals surface area contributed by atoms with Crippen LogP contribution in [0.3, 0.4) is 0 Å². The van der Waals surface area contributed by atoms with E-state index in [-0.39, 0.29) is 12.5 Å². The van der Waals surface area contributed by atoms with E-state index < -0.39 is 11.9 Å². The summed E-state index contributed by atoms with van der Waals surface area (Å²) in [6.07, 6.45) is 6.78. The van der Waals surface area contributed by atoms with Gasteiger partial charge >= 0.3 is 11.9 Å². The van der Waals surface area contributed by atoms with Crippen molar-refractivity contribution in [2.45, 2.75) is 38.1 Å². The van der Waals surface area contributed by atoms with Crippen LogP contribution in [0.15, 0.2) is 42.5 Å². The van der Waals surface area contributed by atoms with Crippen LogP contribution in [-0.2, 0) is 14.4 Å². The van der Waals surface area contributed by atoms with Crippen LogP contribution in [0, 0.1) is 0 Å². The summed E-state index contributed by atoms with van der Waals surface area (Å²) < 4.78 is 5.77. The van der Waals surface area contributed by atoms with Crippen molar-refractivity contribution in [3.05, 3.63) is 42.5 Å². The number of hydrogen-bond acceptors (Lipinski definition) is 5. The Morgan fingerprint density at radius 1 is 0.844 bits per heavy atom. The number of hydrogen-bond donors (Lipinski definition) is 2. The highest BCUT2D eigenvalue weighted by Gasteiger charge is 2.27. The van der Waals surface area contributed by atoms with Gasteiger partial charge in [0.05, 0.1) is 0 Å². The number of benzene rings is 2. The van der Waals surface area contributed by atoms with E-state index >= 15 is 0 Å². The van der Waals surface area contributed by atoms with Crippen LogP contribution in [-0.4, -0.2) is 76.7 Å².